The number of hydrogen-bond donors (Lipinski definition) is 0. The number of ketones is 1. The van der Waals surface area contributed by atoms with E-state index in [9.17, 15) is 19.2 Å². The van der Waals surface area contributed by atoms with Crippen LogP contribution in [0, 0.1) is 28.6 Å². The Morgan fingerprint density at radius 3 is 2.29 bits per heavy atom. The number of ether oxygens (including phenoxy) is 3. The van der Waals surface area contributed by atoms with Crippen molar-refractivity contribution in [1.82, 2.24) is 0 Å². The molecule has 2 fully saturated rings. The van der Waals surface area contributed by atoms with Crippen molar-refractivity contribution in [3.05, 3.63) is 23.5 Å². The first-order chi connectivity index (χ1) is 15.9. The summed E-state index contributed by atoms with van der Waals surface area (Å²) in [7, 11) is 0. The summed E-state index contributed by atoms with van der Waals surface area (Å²) in [5, 5.41) is 0. The predicted molar refractivity (Wildman–Crippen MR) is 123 cm³/mol. The third-order valence-electron chi connectivity index (χ3n) is 9.30. The lowest BCUT2D eigenvalue weighted by atomic mass is 9.47. The zero-order valence-electron chi connectivity index (χ0n) is 20.9. The van der Waals surface area contributed by atoms with Crippen LogP contribution in [-0.2, 0) is 33.4 Å². The molecule has 4 rings (SSSR count). The molecule has 0 aromatic carbocycles. The van der Waals surface area contributed by atoms with E-state index in [1.807, 2.05) is 0 Å². The molecule has 0 aromatic heterocycles. The molecule has 34 heavy (non-hydrogen) atoms. The lowest BCUT2D eigenvalue weighted by molar-refractivity contribution is -0.190. The molecular formula is C27H36O7. The maximum Gasteiger partial charge on any atom is 0.307 e. The van der Waals surface area contributed by atoms with Gasteiger partial charge in [-0.25, -0.2) is 0 Å². The molecule has 2 saturated carbocycles. The number of Topliss-reactive ketones (excluding diaryl/α,β-unsaturated/α-hetero) is 1. The second kappa shape index (κ2) is 8.65. The number of hydrogen-bond acceptors (Lipinski definition) is 7. The predicted octanol–water partition coefficient (Wildman–Crippen LogP) is 4.44. The van der Waals surface area contributed by atoms with E-state index in [0.29, 0.717) is 18.3 Å². The third kappa shape index (κ3) is 3.81. The summed E-state index contributed by atoms with van der Waals surface area (Å²) in [6.45, 7) is 8.09. The van der Waals surface area contributed by atoms with Gasteiger partial charge in [-0.3, -0.25) is 19.2 Å². The fourth-order valence-electron chi connectivity index (χ4n) is 7.77. The topological polar surface area (TPSA) is 96.0 Å². The van der Waals surface area contributed by atoms with E-state index in [-0.39, 0.29) is 29.7 Å². The van der Waals surface area contributed by atoms with Gasteiger partial charge in [-0.15, -0.1) is 0 Å². The van der Waals surface area contributed by atoms with Crippen LogP contribution in [-0.4, -0.2) is 35.9 Å². The van der Waals surface area contributed by atoms with Crippen molar-refractivity contribution < 1.29 is 33.4 Å². The van der Waals surface area contributed by atoms with Crippen molar-refractivity contribution in [3.8, 4) is 0 Å². The summed E-state index contributed by atoms with van der Waals surface area (Å²) in [6, 6.07) is 0. The summed E-state index contributed by atoms with van der Waals surface area (Å²) in [5.41, 5.74) is -0.534. The Morgan fingerprint density at radius 2 is 1.65 bits per heavy atom. The quantitative estimate of drug-likeness (QED) is 0.431. The fraction of sp³-hybridized carbons (Fsp3) is 0.704. The van der Waals surface area contributed by atoms with Gasteiger partial charge in [-0.05, 0) is 73.3 Å². The van der Waals surface area contributed by atoms with E-state index in [4.69, 9.17) is 14.2 Å². The molecular weight excluding hydrogens is 436 g/mol. The summed E-state index contributed by atoms with van der Waals surface area (Å²) < 4.78 is 16.3. The standard InChI is InChI=1S/C27H36O7/c1-16(28)32-15-24(31)27(34-18(3)30)13-10-23-21-7-6-19-14-20(33-17(2)29)8-11-25(19,4)22(21)9-12-26(23,27)5/h6,14,21-23H,7-13,15H2,1-5H3/t21-,22-,23-,25-,26-,27-/m0/s1. The van der Waals surface area contributed by atoms with E-state index in [0.717, 1.165) is 44.3 Å². The number of fused-ring (bicyclic) bond motifs is 5. The smallest absolute Gasteiger partial charge is 0.307 e. The van der Waals surface area contributed by atoms with Gasteiger partial charge in [0.2, 0.25) is 5.78 Å². The molecule has 0 amide bonds. The van der Waals surface area contributed by atoms with E-state index < -0.39 is 23.0 Å². The molecule has 4 aliphatic rings. The highest BCUT2D eigenvalue weighted by Crippen LogP contribution is 2.67. The molecule has 186 valence electrons. The van der Waals surface area contributed by atoms with E-state index in [1.165, 1.54) is 26.3 Å². The largest absolute Gasteiger partial charge is 0.458 e. The van der Waals surface area contributed by atoms with Gasteiger partial charge in [0.05, 0.1) is 0 Å². The van der Waals surface area contributed by atoms with Crippen LogP contribution in [0.1, 0.15) is 79.6 Å². The Labute approximate surface area is 201 Å². The molecule has 4 aliphatic carbocycles. The number of esters is 3. The van der Waals surface area contributed by atoms with Crippen LogP contribution < -0.4 is 0 Å². The maximum absolute atomic E-state index is 13.4. The Morgan fingerprint density at radius 1 is 0.941 bits per heavy atom. The first-order valence-corrected chi connectivity index (χ1v) is 12.4. The van der Waals surface area contributed by atoms with Crippen LogP contribution in [0.15, 0.2) is 23.5 Å². The zero-order valence-corrected chi connectivity index (χ0v) is 20.9. The van der Waals surface area contributed by atoms with Crippen LogP contribution in [0.5, 0.6) is 0 Å². The molecule has 0 heterocycles. The van der Waals surface area contributed by atoms with E-state index >= 15 is 0 Å². The highest BCUT2D eigenvalue weighted by atomic mass is 16.6. The summed E-state index contributed by atoms with van der Waals surface area (Å²) in [6.07, 6.45) is 9.81. The lowest BCUT2D eigenvalue weighted by Gasteiger charge is -2.58. The molecule has 0 aliphatic heterocycles. The monoisotopic (exact) mass is 472 g/mol. The van der Waals surface area contributed by atoms with Gasteiger partial charge in [-0.1, -0.05) is 19.9 Å². The number of rotatable bonds is 5. The second-order valence-electron chi connectivity index (χ2n) is 11.0. The van der Waals surface area contributed by atoms with Gasteiger partial charge in [-0.2, -0.15) is 0 Å². The minimum Gasteiger partial charge on any atom is -0.458 e. The van der Waals surface area contributed by atoms with Gasteiger partial charge < -0.3 is 14.2 Å². The van der Waals surface area contributed by atoms with Gasteiger partial charge >= 0.3 is 17.9 Å². The second-order valence-corrected chi connectivity index (χ2v) is 11.0. The van der Waals surface area contributed by atoms with Crippen LogP contribution in [0.25, 0.3) is 0 Å². The Balaban J connectivity index is 1.65. The highest BCUT2D eigenvalue weighted by Gasteiger charge is 2.68. The Kier molecular flexibility index (Phi) is 6.28. The van der Waals surface area contributed by atoms with Gasteiger partial charge in [0, 0.05) is 32.6 Å². The van der Waals surface area contributed by atoms with Crippen LogP contribution in [0.3, 0.4) is 0 Å². The minimum atomic E-state index is -1.26. The molecule has 6 atom stereocenters. The van der Waals surface area contributed by atoms with Gasteiger partial charge in [0.1, 0.15) is 5.76 Å². The van der Waals surface area contributed by atoms with Crippen LogP contribution in [0.4, 0.5) is 0 Å². The van der Waals surface area contributed by atoms with Crippen LogP contribution >= 0.6 is 0 Å². The highest BCUT2D eigenvalue weighted by molar-refractivity contribution is 5.93. The molecule has 0 spiro atoms. The normalized spacial score (nSPS) is 38.3. The summed E-state index contributed by atoms with van der Waals surface area (Å²) in [4.78, 5) is 48.4. The van der Waals surface area contributed by atoms with Crippen molar-refractivity contribution in [1.29, 1.82) is 0 Å². The van der Waals surface area contributed by atoms with Gasteiger partial charge in [0.15, 0.2) is 12.2 Å². The molecule has 0 bridgehead atoms. The van der Waals surface area contributed by atoms with Crippen molar-refractivity contribution in [2.75, 3.05) is 6.61 Å². The van der Waals surface area contributed by atoms with E-state index in [1.54, 1.807) is 0 Å². The average molecular weight is 473 g/mol. The molecule has 0 saturated heterocycles. The minimum absolute atomic E-state index is 0.0116. The summed E-state index contributed by atoms with van der Waals surface area (Å²) in [5.74, 6) is 0.170. The summed E-state index contributed by atoms with van der Waals surface area (Å²) >= 11 is 0. The fourth-order valence-corrected chi connectivity index (χ4v) is 7.77. The number of carbonyl (C=O) groups excluding carboxylic acids is 4. The maximum atomic E-state index is 13.4. The van der Waals surface area contributed by atoms with Crippen molar-refractivity contribution in [3.63, 3.8) is 0 Å². The molecule has 0 N–H and O–H groups in total. The van der Waals surface area contributed by atoms with E-state index in [2.05, 4.69) is 26.0 Å². The molecule has 7 heteroatoms. The zero-order chi connectivity index (χ0) is 24.9. The molecule has 7 nitrogen and oxygen atoms in total. The first-order valence-electron chi connectivity index (χ1n) is 12.4. The van der Waals surface area contributed by atoms with Gasteiger partial charge in [0.25, 0.3) is 0 Å². The Hall–Kier alpha value is -2.44. The molecule has 0 unspecified atom stereocenters. The molecule has 0 aromatic rings. The van der Waals surface area contributed by atoms with Crippen LogP contribution in [0.2, 0.25) is 0 Å². The lowest BCUT2D eigenvalue weighted by Crippen LogP contribution is -2.59. The molecule has 0 radical (unpaired) electrons. The first kappa shape index (κ1) is 24.7. The third-order valence-corrected chi connectivity index (χ3v) is 9.30. The van der Waals surface area contributed by atoms with Crippen molar-refractivity contribution in [2.45, 2.75) is 85.2 Å². The Bertz CT molecular complexity index is 977. The SMILES string of the molecule is CC(=O)OCC(=O)[C@@]1(OC(C)=O)CC[C@H]2[C@H]3CC=C4C=C(OC(C)=O)CC[C@]4(C)[C@H]3CC[C@@]21C. The van der Waals surface area contributed by atoms with Crippen molar-refractivity contribution >= 4 is 23.7 Å². The average Bonchev–Trinajstić information content (AvgIpc) is 3.04. The number of carbonyl (C=O) groups is 4. The number of allylic oxidation sites excluding steroid dienone is 4. The van der Waals surface area contributed by atoms with Crippen molar-refractivity contribution in [2.24, 2.45) is 28.6 Å².